The third-order valence-electron chi connectivity index (χ3n) is 2.86. The average molecular weight is 309 g/mol. The standard InChI is InChI=1S/C15H13F2NO2S/c1-9(19)13-6-5-10(21-13)7-8-18-15(20)14-11(16)3-2-4-12(14)17/h2-6H,7-8H2,1H3,(H,18,20). The van der Waals surface area contributed by atoms with E-state index >= 15 is 0 Å². The summed E-state index contributed by atoms with van der Waals surface area (Å²) in [7, 11) is 0. The van der Waals surface area contributed by atoms with Crippen molar-refractivity contribution < 1.29 is 18.4 Å². The minimum absolute atomic E-state index is 0.0105. The van der Waals surface area contributed by atoms with Crippen LogP contribution >= 0.6 is 11.3 Å². The maximum Gasteiger partial charge on any atom is 0.257 e. The Hall–Kier alpha value is -2.08. The van der Waals surface area contributed by atoms with Crippen molar-refractivity contribution in [2.75, 3.05) is 6.54 Å². The molecule has 3 nitrogen and oxygen atoms in total. The molecule has 110 valence electrons. The highest BCUT2D eigenvalue weighted by Gasteiger charge is 2.16. The first-order valence-corrected chi connectivity index (χ1v) is 7.12. The highest BCUT2D eigenvalue weighted by Crippen LogP contribution is 2.17. The van der Waals surface area contributed by atoms with Gasteiger partial charge in [-0.1, -0.05) is 6.07 Å². The Balaban J connectivity index is 1.94. The lowest BCUT2D eigenvalue weighted by molar-refractivity contribution is 0.0944. The van der Waals surface area contributed by atoms with Gasteiger partial charge in [0.15, 0.2) is 5.78 Å². The van der Waals surface area contributed by atoms with E-state index in [2.05, 4.69) is 5.32 Å². The second-order valence-corrected chi connectivity index (χ2v) is 5.59. The van der Waals surface area contributed by atoms with Crippen LogP contribution in [-0.2, 0) is 6.42 Å². The second kappa shape index (κ2) is 6.58. The molecule has 2 rings (SSSR count). The molecule has 0 saturated carbocycles. The molecule has 1 heterocycles. The van der Waals surface area contributed by atoms with Gasteiger partial charge in [0.25, 0.3) is 5.91 Å². The largest absolute Gasteiger partial charge is 0.351 e. The van der Waals surface area contributed by atoms with Gasteiger partial charge in [0.2, 0.25) is 0 Å². The Bertz CT molecular complexity index is 662. The van der Waals surface area contributed by atoms with Crippen molar-refractivity contribution in [2.45, 2.75) is 13.3 Å². The van der Waals surface area contributed by atoms with Crippen molar-refractivity contribution in [3.05, 3.63) is 57.3 Å². The summed E-state index contributed by atoms with van der Waals surface area (Å²) in [5.74, 6) is -2.57. The number of carbonyl (C=O) groups excluding carboxylic acids is 2. The number of rotatable bonds is 5. The number of hydrogen-bond donors (Lipinski definition) is 1. The monoisotopic (exact) mass is 309 g/mol. The van der Waals surface area contributed by atoms with E-state index < -0.39 is 23.1 Å². The number of amides is 1. The summed E-state index contributed by atoms with van der Waals surface area (Å²) in [5.41, 5.74) is -0.576. The van der Waals surface area contributed by atoms with E-state index in [1.165, 1.54) is 24.3 Å². The third kappa shape index (κ3) is 3.72. The fraction of sp³-hybridized carbons (Fsp3) is 0.200. The Labute approximate surface area is 124 Å². The molecule has 0 atom stereocenters. The van der Waals surface area contributed by atoms with Crippen LogP contribution in [0.1, 0.15) is 31.8 Å². The highest BCUT2D eigenvalue weighted by atomic mass is 32.1. The normalized spacial score (nSPS) is 10.4. The zero-order valence-corrected chi connectivity index (χ0v) is 12.1. The molecule has 0 bridgehead atoms. The van der Waals surface area contributed by atoms with Gasteiger partial charge in [0.05, 0.1) is 4.88 Å². The summed E-state index contributed by atoms with van der Waals surface area (Å²) in [4.78, 5) is 24.5. The van der Waals surface area contributed by atoms with Gasteiger partial charge in [0.1, 0.15) is 17.2 Å². The Morgan fingerprint density at radius 1 is 1.14 bits per heavy atom. The lowest BCUT2D eigenvalue weighted by Gasteiger charge is -2.06. The quantitative estimate of drug-likeness (QED) is 0.862. The molecule has 0 spiro atoms. The van der Waals surface area contributed by atoms with Gasteiger partial charge in [0, 0.05) is 11.4 Å². The summed E-state index contributed by atoms with van der Waals surface area (Å²) in [6.07, 6.45) is 0.500. The summed E-state index contributed by atoms with van der Waals surface area (Å²) in [6, 6.07) is 6.81. The van der Waals surface area contributed by atoms with Crippen molar-refractivity contribution in [1.82, 2.24) is 5.32 Å². The first-order chi connectivity index (χ1) is 9.99. The Morgan fingerprint density at radius 2 is 1.81 bits per heavy atom. The van der Waals surface area contributed by atoms with Crippen LogP contribution in [0.15, 0.2) is 30.3 Å². The van der Waals surface area contributed by atoms with E-state index in [0.717, 1.165) is 17.0 Å². The number of Topliss-reactive ketones (excluding diaryl/α,β-unsaturated/α-hetero) is 1. The molecular formula is C15H13F2NO2S. The lowest BCUT2D eigenvalue weighted by atomic mass is 10.2. The van der Waals surface area contributed by atoms with Crippen molar-refractivity contribution in [3.8, 4) is 0 Å². The Morgan fingerprint density at radius 3 is 2.38 bits per heavy atom. The molecule has 0 aliphatic heterocycles. The van der Waals surface area contributed by atoms with E-state index in [1.807, 2.05) is 0 Å². The maximum absolute atomic E-state index is 13.4. The SMILES string of the molecule is CC(=O)c1ccc(CCNC(=O)c2c(F)cccc2F)s1. The molecule has 1 aromatic carbocycles. The van der Waals surface area contributed by atoms with Crippen LogP contribution in [0.25, 0.3) is 0 Å². The van der Waals surface area contributed by atoms with Crippen molar-refractivity contribution >= 4 is 23.0 Å². The van der Waals surface area contributed by atoms with Crippen LogP contribution in [0.4, 0.5) is 8.78 Å². The van der Waals surface area contributed by atoms with Gasteiger partial charge in [-0.2, -0.15) is 0 Å². The zero-order chi connectivity index (χ0) is 15.4. The molecule has 0 radical (unpaired) electrons. The van der Waals surface area contributed by atoms with Crippen molar-refractivity contribution in [1.29, 1.82) is 0 Å². The lowest BCUT2D eigenvalue weighted by Crippen LogP contribution is -2.27. The first-order valence-electron chi connectivity index (χ1n) is 6.31. The van der Waals surface area contributed by atoms with Crippen LogP contribution < -0.4 is 5.32 Å². The molecular weight excluding hydrogens is 296 g/mol. The van der Waals surface area contributed by atoms with Crippen LogP contribution in [0, 0.1) is 11.6 Å². The number of hydrogen-bond acceptors (Lipinski definition) is 3. The summed E-state index contributed by atoms with van der Waals surface area (Å²) in [6.45, 7) is 1.73. The second-order valence-electron chi connectivity index (χ2n) is 4.42. The van der Waals surface area contributed by atoms with Crippen LogP contribution in [0.2, 0.25) is 0 Å². The van der Waals surface area contributed by atoms with Gasteiger partial charge in [-0.05, 0) is 37.6 Å². The Kier molecular flexibility index (Phi) is 4.80. The minimum Gasteiger partial charge on any atom is -0.351 e. The van der Waals surface area contributed by atoms with Crippen molar-refractivity contribution in [3.63, 3.8) is 0 Å². The molecule has 6 heteroatoms. The van der Waals surface area contributed by atoms with E-state index in [9.17, 15) is 18.4 Å². The fourth-order valence-electron chi connectivity index (χ4n) is 1.80. The number of benzene rings is 1. The number of halogens is 2. The van der Waals surface area contributed by atoms with E-state index in [4.69, 9.17) is 0 Å². The van der Waals surface area contributed by atoms with Crippen molar-refractivity contribution in [2.24, 2.45) is 0 Å². The molecule has 0 fully saturated rings. The van der Waals surface area contributed by atoms with Crippen LogP contribution in [0.3, 0.4) is 0 Å². The smallest absolute Gasteiger partial charge is 0.257 e. The summed E-state index contributed by atoms with van der Waals surface area (Å²) >= 11 is 1.35. The number of thiophene rings is 1. The predicted octanol–water partition coefficient (Wildman–Crippen LogP) is 3.20. The molecule has 2 aromatic rings. The summed E-state index contributed by atoms with van der Waals surface area (Å²) < 4.78 is 26.8. The van der Waals surface area contributed by atoms with Gasteiger partial charge in [-0.25, -0.2) is 8.78 Å². The molecule has 0 aliphatic rings. The topological polar surface area (TPSA) is 46.2 Å². The third-order valence-corrected chi connectivity index (χ3v) is 4.10. The molecule has 1 N–H and O–H groups in total. The average Bonchev–Trinajstić information content (AvgIpc) is 2.87. The first kappa shape index (κ1) is 15.3. The number of ketones is 1. The highest BCUT2D eigenvalue weighted by molar-refractivity contribution is 7.14. The number of nitrogens with one attached hydrogen (secondary N) is 1. The van der Waals surface area contributed by atoms with Crippen LogP contribution in [0.5, 0.6) is 0 Å². The molecule has 1 aromatic heterocycles. The zero-order valence-electron chi connectivity index (χ0n) is 11.3. The molecule has 0 saturated heterocycles. The van der Waals surface area contributed by atoms with Crippen LogP contribution in [-0.4, -0.2) is 18.2 Å². The van der Waals surface area contributed by atoms with E-state index in [1.54, 1.807) is 12.1 Å². The minimum atomic E-state index is -0.887. The molecule has 21 heavy (non-hydrogen) atoms. The fourth-order valence-corrected chi connectivity index (χ4v) is 2.71. The number of carbonyl (C=O) groups is 2. The van der Waals surface area contributed by atoms with Gasteiger partial charge in [-0.15, -0.1) is 11.3 Å². The van der Waals surface area contributed by atoms with Gasteiger partial charge in [-0.3, -0.25) is 9.59 Å². The molecule has 0 aliphatic carbocycles. The predicted molar refractivity (Wildman–Crippen MR) is 76.7 cm³/mol. The van der Waals surface area contributed by atoms with E-state index in [0.29, 0.717) is 11.3 Å². The summed E-state index contributed by atoms with van der Waals surface area (Å²) in [5, 5.41) is 2.47. The maximum atomic E-state index is 13.4. The molecule has 1 amide bonds. The van der Waals surface area contributed by atoms with Gasteiger partial charge >= 0.3 is 0 Å². The van der Waals surface area contributed by atoms with E-state index in [-0.39, 0.29) is 12.3 Å². The molecule has 0 unspecified atom stereocenters. The van der Waals surface area contributed by atoms with Gasteiger partial charge < -0.3 is 5.32 Å².